The van der Waals surface area contributed by atoms with Gasteiger partial charge in [0.2, 0.25) is 5.91 Å². The SMILES string of the molecule is COc1ccc(/C=C/C(=O)NCc2ccc(-c3nc(-c4ccccc4)cs3)cc2)cc1OC. The van der Waals surface area contributed by atoms with E-state index in [9.17, 15) is 4.79 Å². The Morgan fingerprint density at radius 3 is 2.42 bits per heavy atom. The summed E-state index contributed by atoms with van der Waals surface area (Å²) >= 11 is 1.62. The minimum Gasteiger partial charge on any atom is -0.493 e. The highest BCUT2D eigenvalue weighted by Crippen LogP contribution is 2.29. The Hall–Kier alpha value is -3.90. The fourth-order valence-electron chi connectivity index (χ4n) is 3.29. The van der Waals surface area contributed by atoms with Crippen LogP contribution >= 0.6 is 11.3 Å². The van der Waals surface area contributed by atoms with Crippen LogP contribution in [0, 0.1) is 0 Å². The van der Waals surface area contributed by atoms with E-state index in [4.69, 9.17) is 14.5 Å². The number of carbonyl (C=O) groups excluding carboxylic acids is 1. The minimum atomic E-state index is -0.165. The number of hydrogen-bond acceptors (Lipinski definition) is 5. The first kappa shape index (κ1) is 22.3. The molecule has 0 saturated heterocycles. The van der Waals surface area contributed by atoms with Gasteiger partial charge in [-0.05, 0) is 29.3 Å². The van der Waals surface area contributed by atoms with Crippen molar-refractivity contribution >= 4 is 23.3 Å². The fourth-order valence-corrected chi connectivity index (χ4v) is 4.12. The van der Waals surface area contributed by atoms with Gasteiger partial charge in [-0.1, -0.05) is 60.7 Å². The standard InChI is InChI=1S/C27H24N2O3S/c1-31-24-14-10-19(16-25(24)32-2)11-15-26(30)28-17-20-8-12-22(13-9-20)27-29-23(18-33-27)21-6-4-3-5-7-21/h3-16,18H,17H2,1-2H3,(H,28,30)/b15-11+. The number of methoxy groups -OCH3 is 2. The predicted octanol–water partition coefficient (Wildman–Crippen LogP) is 5.82. The van der Waals surface area contributed by atoms with Crippen LogP contribution in [0.5, 0.6) is 11.5 Å². The first-order chi connectivity index (χ1) is 16.2. The number of thiazole rings is 1. The van der Waals surface area contributed by atoms with E-state index < -0.39 is 0 Å². The molecule has 4 aromatic rings. The van der Waals surface area contributed by atoms with Crippen molar-refractivity contribution < 1.29 is 14.3 Å². The third kappa shape index (κ3) is 5.67. The zero-order chi connectivity index (χ0) is 23.0. The Bertz CT molecular complexity index is 1250. The van der Waals surface area contributed by atoms with Crippen molar-refractivity contribution in [2.45, 2.75) is 6.54 Å². The highest BCUT2D eigenvalue weighted by molar-refractivity contribution is 7.13. The molecule has 0 bridgehead atoms. The number of hydrogen-bond donors (Lipinski definition) is 1. The lowest BCUT2D eigenvalue weighted by atomic mass is 10.1. The van der Waals surface area contributed by atoms with Crippen molar-refractivity contribution in [1.29, 1.82) is 0 Å². The lowest BCUT2D eigenvalue weighted by molar-refractivity contribution is -0.116. The molecule has 1 N–H and O–H groups in total. The molecule has 0 atom stereocenters. The van der Waals surface area contributed by atoms with Crippen LogP contribution in [0.4, 0.5) is 0 Å². The summed E-state index contributed by atoms with van der Waals surface area (Å²) in [5.41, 5.74) is 5.02. The van der Waals surface area contributed by atoms with Gasteiger partial charge in [-0.2, -0.15) is 0 Å². The Balaban J connectivity index is 1.34. The number of amides is 1. The molecule has 0 aliphatic heterocycles. The van der Waals surface area contributed by atoms with Crippen LogP contribution in [-0.2, 0) is 11.3 Å². The van der Waals surface area contributed by atoms with Crippen LogP contribution in [0.3, 0.4) is 0 Å². The Morgan fingerprint density at radius 2 is 1.70 bits per heavy atom. The summed E-state index contributed by atoms with van der Waals surface area (Å²) in [4.78, 5) is 17.0. The summed E-state index contributed by atoms with van der Waals surface area (Å²) in [5, 5.41) is 5.96. The summed E-state index contributed by atoms with van der Waals surface area (Å²) in [7, 11) is 3.17. The maximum Gasteiger partial charge on any atom is 0.244 e. The van der Waals surface area contributed by atoms with E-state index in [1.807, 2.05) is 60.7 Å². The number of nitrogens with one attached hydrogen (secondary N) is 1. The Kier molecular flexibility index (Phi) is 7.17. The molecule has 3 aromatic carbocycles. The molecule has 1 heterocycles. The van der Waals surface area contributed by atoms with Crippen molar-refractivity contribution in [3.63, 3.8) is 0 Å². The highest BCUT2D eigenvalue weighted by atomic mass is 32.1. The maximum atomic E-state index is 12.2. The van der Waals surface area contributed by atoms with Gasteiger partial charge in [-0.3, -0.25) is 4.79 Å². The lowest BCUT2D eigenvalue weighted by Crippen LogP contribution is -2.20. The van der Waals surface area contributed by atoms with Crippen LogP contribution < -0.4 is 14.8 Å². The number of benzene rings is 3. The second-order valence-electron chi connectivity index (χ2n) is 7.27. The predicted molar refractivity (Wildman–Crippen MR) is 133 cm³/mol. The first-order valence-corrected chi connectivity index (χ1v) is 11.3. The summed E-state index contributed by atoms with van der Waals surface area (Å²) in [6.07, 6.45) is 3.25. The van der Waals surface area contributed by atoms with Gasteiger partial charge in [0.05, 0.1) is 19.9 Å². The van der Waals surface area contributed by atoms with Crippen molar-refractivity contribution in [3.8, 4) is 33.3 Å². The van der Waals surface area contributed by atoms with Crippen LogP contribution in [0.25, 0.3) is 27.9 Å². The van der Waals surface area contributed by atoms with Crippen LogP contribution in [0.2, 0.25) is 0 Å². The molecule has 33 heavy (non-hydrogen) atoms. The zero-order valence-corrected chi connectivity index (χ0v) is 19.3. The number of aromatic nitrogens is 1. The summed E-state index contributed by atoms with van der Waals surface area (Å²) in [6.45, 7) is 0.447. The van der Waals surface area contributed by atoms with Crippen molar-refractivity contribution in [1.82, 2.24) is 10.3 Å². The highest BCUT2D eigenvalue weighted by Gasteiger charge is 2.07. The number of carbonyl (C=O) groups is 1. The van der Waals surface area contributed by atoms with Gasteiger partial charge in [0.25, 0.3) is 0 Å². The molecule has 166 valence electrons. The molecule has 0 saturated carbocycles. The molecule has 5 nitrogen and oxygen atoms in total. The third-order valence-electron chi connectivity index (χ3n) is 5.08. The molecule has 6 heteroatoms. The quantitative estimate of drug-likeness (QED) is 0.339. The minimum absolute atomic E-state index is 0.165. The number of rotatable bonds is 8. The van der Waals surface area contributed by atoms with E-state index in [0.717, 1.165) is 33.0 Å². The molecule has 0 spiro atoms. The maximum absolute atomic E-state index is 12.2. The topological polar surface area (TPSA) is 60.5 Å². The Labute approximate surface area is 197 Å². The van der Waals surface area contributed by atoms with Crippen molar-refractivity contribution in [3.05, 3.63) is 95.4 Å². The van der Waals surface area contributed by atoms with Gasteiger partial charge in [-0.15, -0.1) is 11.3 Å². The van der Waals surface area contributed by atoms with Gasteiger partial charge in [0, 0.05) is 29.1 Å². The molecule has 4 rings (SSSR count). The zero-order valence-electron chi connectivity index (χ0n) is 18.4. The second-order valence-corrected chi connectivity index (χ2v) is 8.12. The Morgan fingerprint density at radius 1 is 0.939 bits per heavy atom. The molecule has 0 aliphatic carbocycles. The average molecular weight is 457 g/mol. The van der Waals surface area contributed by atoms with E-state index in [1.165, 1.54) is 6.08 Å². The summed E-state index contributed by atoms with van der Waals surface area (Å²) in [5.74, 6) is 1.11. The normalized spacial score (nSPS) is 10.8. The largest absolute Gasteiger partial charge is 0.493 e. The molecule has 0 aliphatic rings. The molecule has 1 amide bonds. The number of nitrogens with zero attached hydrogens (tertiary/aromatic N) is 1. The lowest BCUT2D eigenvalue weighted by Gasteiger charge is -2.07. The van der Waals surface area contributed by atoms with Crippen LogP contribution in [0.1, 0.15) is 11.1 Å². The smallest absolute Gasteiger partial charge is 0.244 e. The van der Waals surface area contributed by atoms with Crippen molar-refractivity contribution in [2.75, 3.05) is 14.2 Å². The van der Waals surface area contributed by atoms with E-state index in [1.54, 1.807) is 31.6 Å². The summed E-state index contributed by atoms with van der Waals surface area (Å²) < 4.78 is 10.5. The summed E-state index contributed by atoms with van der Waals surface area (Å²) in [6, 6.07) is 23.7. The van der Waals surface area contributed by atoms with Crippen LogP contribution in [0.15, 0.2) is 84.3 Å². The third-order valence-corrected chi connectivity index (χ3v) is 5.97. The average Bonchev–Trinajstić information content (AvgIpc) is 3.37. The first-order valence-electron chi connectivity index (χ1n) is 10.4. The second kappa shape index (κ2) is 10.6. The van der Waals surface area contributed by atoms with E-state index in [-0.39, 0.29) is 5.91 Å². The fraction of sp³-hybridized carbons (Fsp3) is 0.111. The molecule has 0 radical (unpaired) electrons. The van der Waals surface area contributed by atoms with Crippen molar-refractivity contribution in [2.24, 2.45) is 0 Å². The van der Waals surface area contributed by atoms with Gasteiger partial charge in [0.1, 0.15) is 5.01 Å². The van der Waals surface area contributed by atoms with Gasteiger partial charge in [0.15, 0.2) is 11.5 Å². The molecule has 0 unspecified atom stereocenters. The van der Waals surface area contributed by atoms with Crippen LogP contribution in [-0.4, -0.2) is 25.1 Å². The van der Waals surface area contributed by atoms with Gasteiger partial charge < -0.3 is 14.8 Å². The monoisotopic (exact) mass is 456 g/mol. The van der Waals surface area contributed by atoms with Gasteiger partial charge in [-0.25, -0.2) is 4.98 Å². The van der Waals surface area contributed by atoms with E-state index in [2.05, 4.69) is 22.8 Å². The molecule has 0 fully saturated rings. The number of ether oxygens (including phenoxy) is 2. The molecular weight excluding hydrogens is 432 g/mol. The van der Waals surface area contributed by atoms with E-state index in [0.29, 0.717) is 18.0 Å². The van der Waals surface area contributed by atoms with Gasteiger partial charge >= 0.3 is 0 Å². The van der Waals surface area contributed by atoms with E-state index >= 15 is 0 Å². The molecular formula is C27H24N2O3S. The molecule has 1 aromatic heterocycles.